The predicted molar refractivity (Wildman–Crippen MR) is 108 cm³/mol. The van der Waals surface area contributed by atoms with Gasteiger partial charge in [0.1, 0.15) is 5.82 Å². The molecule has 1 atom stereocenters. The van der Waals surface area contributed by atoms with Gasteiger partial charge >= 0.3 is 6.03 Å². The smallest absolute Gasteiger partial charge is 0.316 e. The first-order chi connectivity index (χ1) is 13.4. The molecule has 0 spiro atoms. The number of urea groups is 1. The minimum Gasteiger partial charge on any atom is -0.316 e. The fourth-order valence-electron chi connectivity index (χ4n) is 3.14. The van der Waals surface area contributed by atoms with E-state index in [2.05, 4.69) is 15.5 Å². The lowest BCUT2D eigenvalue weighted by molar-refractivity contribution is 0.182. The van der Waals surface area contributed by atoms with Gasteiger partial charge in [-0.1, -0.05) is 32.0 Å². The Kier molecular flexibility index (Phi) is 5.73. The number of rotatable bonds is 5. The van der Waals surface area contributed by atoms with Gasteiger partial charge in [-0.3, -0.25) is 4.79 Å². The number of hydrogen-bond donors (Lipinski definition) is 2. The summed E-state index contributed by atoms with van der Waals surface area (Å²) in [5.41, 5.74) is 0.856. The van der Waals surface area contributed by atoms with E-state index in [1.54, 1.807) is 17.0 Å². The Morgan fingerprint density at radius 2 is 1.75 bits per heavy atom. The number of H-pyrrole nitrogens is 1. The Morgan fingerprint density at radius 3 is 2.39 bits per heavy atom. The van der Waals surface area contributed by atoms with E-state index in [4.69, 9.17) is 0 Å². The molecule has 6 nitrogen and oxygen atoms in total. The number of nitrogens with one attached hydrogen (secondary N) is 2. The Morgan fingerprint density at radius 1 is 1.11 bits per heavy atom. The first-order valence-corrected chi connectivity index (χ1v) is 9.17. The van der Waals surface area contributed by atoms with Crippen LogP contribution in [0.1, 0.15) is 32.5 Å². The second kappa shape index (κ2) is 8.21. The van der Waals surface area contributed by atoms with E-state index >= 15 is 0 Å². The summed E-state index contributed by atoms with van der Waals surface area (Å²) < 4.78 is 13.1. The van der Waals surface area contributed by atoms with Crippen molar-refractivity contribution in [3.05, 3.63) is 70.4 Å². The lowest BCUT2D eigenvalue weighted by atomic mass is 10.0. The van der Waals surface area contributed by atoms with Crippen LogP contribution in [0.15, 0.2) is 53.3 Å². The van der Waals surface area contributed by atoms with Crippen molar-refractivity contribution in [3.8, 4) is 0 Å². The molecule has 1 aromatic heterocycles. The van der Waals surface area contributed by atoms with E-state index in [1.807, 2.05) is 32.9 Å². The maximum absolute atomic E-state index is 13.1. The van der Waals surface area contributed by atoms with Crippen molar-refractivity contribution >= 4 is 22.5 Å². The van der Waals surface area contributed by atoms with Gasteiger partial charge in [0, 0.05) is 17.6 Å². The first kappa shape index (κ1) is 19.5. The average Bonchev–Trinajstić information content (AvgIpc) is 2.68. The zero-order valence-electron chi connectivity index (χ0n) is 16.1. The summed E-state index contributed by atoms with van der Waals surface area (Å²) in [7, 11) is 0. The highest BCUT2D eigenvalue weighted by atomic mass is 19.1. The molecular formula is C21H23FN4O2. The molecule has 7 heteroatoms. The number of aromatic nitrogens is 2. The monoisotopic (exact) mass is 382 g/mol. The highest BCUT2D eigenvalue weighted by molar-refractivity contribution is 5.90. The highest BCUT2D eigenvalue weighted by Crippen LogP contribution is 2.26. The van der Waals surface area contributed by atoms with Gasteiger partial charge in [0.2, 0.25) is 0 Å². The minimum atomic E-state index is -0.385. The third-order valence-electron chi connectivity index (χ3n) is 4.51. The van der Waals surface area contributed by atoms with Gasteiger partial charge in [-0.05, 0) is 43.2 Å². The topological polar surface area (TPSA) is 78.1 Å². The number of carbonyl (C=O) groups excluding carboxylic acids is 1. The van der Waals surface area contributed by atoms with Crippen LogP contribution < -0.4 is 10.9 Å². The molecule has 0 saturated heterocycles. The van der Waals surface area contributed by atoms with Crippen LogP contribution in [-0.4, -0.2) is 27.7 Å². The molecular weight excluding hydrogens is 359 g/mol. The molecule has 0 fully saturated rings. The summed E-state index contributed by atoms with van der Waals surface area (Å²) in [5, 5.41) is 10.8. The number of carbonyl (C=O) groups is 1. The zero-order valence-corrected chi connectivity index (χ0v) is 16.1. The number of amides is 2. The number of nitrogens with zero attached hydrogens (tertiary/aromatic N) is 2. The van der Waals surface area contributed by atoms with E-state index in [1.165, 1.54) is 24.3 Å². The number of anilines is 1. The van der Waals surface area contributed by atoms with Crippen molar-refractivity contribution in [2.45, 2.75) is 26.8 Å². The van der Waals surface area contributed by atoms with Crippen LogP contribution >= 0.6 is 0 Å². The number of fused-ring (bicyclic) bond motifs is 1. The summed E-state index contributed by atoms with van der Waals surface area (Å²) in [4.78, 5) is 26.7. The largest absolute Gasteiger partial charge is 0.322 e. The van der Waals surface area contributed by atoms with Crippen LogP contribution in [0.3, 0.4) is 0 Å². The molecule has 0 bridgehead atoms. The fraction of sp³-hybridized carbons (Fsp3) is 0.286. The standard InChI is InChI=1S/C21H23FN4O2/c1-13(2)12-26(21(28)23-16-10-8-15(22)9-11-16)14(3)19-17-6-4-5-7-18(17)20(27)25-24-19/h4-11,13-14H,12H2,1-3H3,(H,23,28)(H,25,27)/t14-/m0/s1. The average molecular weight is 382 g/mol. The van der Waals surface area contributed by atoms with Crippen molar-refractivity contribution in [1.29, 1.82) is 0 Å². The molecule has 0 radical (unpaired) electrons. The quantitative estimate of drug-likeness (QED) is 0.690. The van der Waals surface area contributed by atoms with Gasteiger partial charge < -0.3 is 10.2 Å². The summed E-state index contributed by atoms with van der Waals surface area (Å²) in [6.45, 7) is 6.40. The van der Waals surface area contributed by atoms with Crippen LogP contribution in [0.25, 0.3) is 10.8 Å². The van der Waals surface area contributed by atoms with Crippen LogP contribution in [-0.2, 0) is 0 Å². The van der Waals surface area contributed by atoms with E-state index in [-0.39, 0.29) is 29.4 Å². The van der Waals surface area contributed by atoms with Crippen molar-refractivity contribution in [2.75, 3.05) is 11.9 Å². The summed E-state index contributed by atoms with van der Waals surface area (Å²) in [5.74, 6) is -0.148. The summed E-state index contributed by atoms with van der Waals surface area (Å²) in [6.07, 6.45) is 0. The molecule has 28 heavy (non-hydrogen) atoms. The Bertz CT molecular complexity index is 1030. The fourth-order valence-corrected chi connectivity index (χ4v) is 3.14. The predicted octanol–water partition coefficient (Wildman–Crippen LogP) is 4.31. The Hall–Kier alpha value is -3.22. The van der Waals surface area contributed by atoms with E-state index in [0.29, 0.717) is 28.7 Å². The second-order valence-electron chi connectivity index (χ2n) is 7.14. The molecule has 3 aromatic rings. The van der Waals surface area contributed by atoms with Crippen molar-refractivity contribution in [1.82, 2.24) is 15.1 Å². The molecule has 0 unspecified atom stereocenters. The number of aromatic amines is 1. The van der Waals surface area contributed by atoms with Gasteiger partial charge in [-0.25, -0.2) is 14.3 Å². The highest BCUT2D eigenvalue weighted by Gasteiger charge is 2.25. The number of benzene rings is 2. The third-order valence-corrected chi connectivity index (χ3v) is 4.51. The van der Waals surface area contributed by atoms with Gasteiger partial charge in [-0.2, -0.15) is 5.10 Å². The van der Waals surface area contributed by atoms with Crippen molar-refractivity contribution < 1.29 is 9.18 Å². The SMILES string of the molecule is CC(C)CN(C(=O)Nc1ccc(F)cc1)[C@@H](C)c1n[nH]c(=O)c2ccccc12. The molecule has 0 aliphatic carbocycles. The van der Waals surface area contributed by atoms with E-state index < -0.39 is 0 Å². The summed E-state index contributed by atoms with van der Waals surface area (Å²) in [6, 6.07) is 12.1. The van der Waals surface area contributed by atoms with Crippen LogP contribution in [0.5, 0.6) is 0 Å². The van der Waals surface area contributed by atoms with Gasteiger partial charge in [0.05, 0.1) is 17.1 Å². The second-order valence-corrected chi connectivity index (χ2v) is 7.14. The van der Waals surface area contributed by atoms with E-state index in [9.17, 15) is 14.0 Å². The van der Waals surface area contributed by atoms with Crippen LogP contribution in [0.4, 0.5) is 14.9 Å². The molecule has 0 saturated carbocycles. The molecule has 0 aliphatic rings. The van der Waals surface area contributed by atoms with Crippen LogP contribution in [0, 0.1) is 11.7 Å². The number of halogens is 1. The van der Waals surface area contributed by atoms with Crippen molar-refractivity contribution in [2.24, 2.45) is 5.92 Å². The maximum atomic E-state index is 13.1. The maximum Gasteiger partial charge on any atom is 0.322 e. The first-order valence-electron chi connectivity index (χ1n) is 9.17. The minimum absolute atomic E-state index is 0.218. The normalized spacial score (nSPS) is 12.2. The van der Waals surface area contributed by atoms with Gasteiger partial charge in [0.15, 0.2) is 0 Å². The molecule has 3 rings (SSSR count). The molecule has 146 valence electrons. The number of hydrogen-bond acceptors (Lipinski definition) is 3. The molecule has 1 heterocycles. The van der Waals surface area contributed by atoms with E-state index in [0.717, 1.165) is 0 Å². The van der Waals surface area contributed by atoms with Gasteiger partial charge in [-0.15, -0.1) is 0 Å². The molecule has 2 N–H and O–H groups in total. The Balaban J connectivity index is 1.95. The molecule has 2 aromatic carbocycles. The lowest BCUT2D eigenvalue weighted by Gasteiger charge is -2.31. The molecule has 0 aliphatic heterocycles. The zero-order chi connectivity index (χ0) is 20.3. The lowest BCUT2D eigenvalue weighted by Crippen LogP contribution is -2.40. The summed E-state index contributed by atoms with van der Waals surface area (Å²) >= 11 is 0. The Labute approximate surface area is 162 Å². The molecule has 2 amide bonds. The van der Waals surface area contributed by atoms with Crippen LogP contribution in [0.2, 0.25) is 0 Å². The third kappa shape index (κ3) is 4.19. The van der Waals surface area contributed by atoms with Gasteiger partial charge in [0.25, 0.3) is 5.56 Å². The van der Waals surface area contributed by atoms with Crippen molar-refractivity contribution in [3.63, 3.8) is 0 Å².